The molecule has 0 saturated carbocycles. The van der Waals surface area contributed by atoms with Gasteiger partial charge in [-0.05, 0) is 43.2 Å². The first-order valence-corrected chi connectivity index (χ1v) is 10.3. The number of carbonyl (C=O) groups excluding carboxylic acids is 2. The number of furan rings is 1. The van der Waals surface area contributed by atoms with Gasteiger partial charge in [-0.25, -0.2) is 0 Å². The van der Waals surface area contributed by atoms with Gasteiger partial charge in [0.25, 0.3) is 11.8 Å². The molecule has 29 heavy (non-hydrogen) atoms. The number of hydrogen-bond acceptors (Lipinski definition) is 6. The highest BCUT2D eigenvalue weighted by Gasteiger charge is 2.16. The number of hydrogen-bond donors (Lipinski definition) is 2. The van der Waals surface area contributed by atoms with Gasteiger partial charge in [0.15, 0.2) is 0 Å². The third-order valence-corrected chi connectivity index (χ3v) is 5.04. The quantitative estimate of drug-likeness (QED) is 0.584. The summed E-state index contributed by atoms with van der Waals surface area (Å²) < 4.78 is 5.31. The molecule has 0 fully saturated rings. The molecule has 2 heterocycles. The summed E-state index contributed by atoms with van der Waals surface area (Å²) in [5.41, 5.74) is 0.994. The first kappa shape index (κ1) is 20.7. The number of aromatic nitrogens is 2. The van der Waals surface area contributed by atoms with Crippen molar-refractivity contribution in [1.82, 2.24) is 15.5 Å². The van der Waals surface area contributed by atoms with E-state index in [0.29, 0.717) is 28.6 Å². The van der Waals surface area contributed by atoms with Gasteiger partial charge in [0.05, 0.1) is 6.26 Å². The minimum absolute atomic E-state index is 0.0901. The monoisotopic (exact) mass is 412 g/mol. The van der Waals surface area contributed by atoms with Crippen LogP contribution in [0, 0.1) is 5.92 Å². The highest BCUT2D eigenvalue weighted by molar-refractivity contribution is 7.13. The van der Waals surface area contributed by atoms with Crippen molar-refractivity contribution in [3.63, 3.8) is 0 Å². The third-order valence-electron chi connectivity index (χ3n) is 4.09. The van der Waals surface area contributed by atoms with Crippen molar-refractivity contribution in [2.45, 2.75) is 39.7 Å². The molecule has 0 saturated heterocycles. The van der Waals surface area contributed by atoms with Crippen LogP contribution in [0.15, 0.2) is 47.1 Å². The summed E-state index contributed by atoms with van der Waals surface area (Å²) in [6, 6.07) is 10.4. The van der Waals surface area contributed by atoms with Gasteiger partial charge in [0.2, 0.25) is 5.01 Å². The standard InChI is InChI=1S/C21H24N4O3S/c1-13(2)10-18-24-25-21(29-18)20(27)23-16-7-4-6-15(12-16)19(26)22-14(3)11-17-8-5-9-28-17/h4-9,12-14H,10-11H2,1-3H3,(H,22,26)(H,23,27)/t14-/m1/s1. The first-order chi connectivity index (χ1) is 13.9. The van der Waals surface area contributed by atoms with Crippen LogP contribution in [0.5, 0.6) is 0 Å². The molecule has 2 amide bonds. The van der Waals surface area contributed by atoms with Gasteiger partial charge in [-0.15, -0.1) is 10.2 Å². The van der Waals surface area contributed by atoms with Gasteiger partial charge in [-0.1, -0.05) is 31.3 Å². The molecule has 8 heteroatoms. The van der Waals surface area contributed by atoms with E-state index in [4.69, 9.17) is 4.42 Å². The van der Waals surface area contributed by atoms with Crippen molar-refractivity contribution in [2.24, 2.45) is 5.92 Å². The Morgan fingerprint density at radius 2 is 1.90 bits per heavy atom. The minimum atomic E-state index is -0.332. The number of anilines is 1. The number of nitrogens with one attached hydrogen (secondary N) is 2. The molecular weight excluding hydrogens is 388 g/mol. The van der Waals surface area contributed by atoms with Crippen LogP contribution in [0.3, 0.4) is 0 Å². The minimum Gasteiger partial charge on any atom is -0.469 e. The summed E-state index contributed by atoms with van der Waals surface area (Å²) >= 11 is 1.29. The number of nitrogens with zero attached hydrogens (tertiary/aromatic N) is 2. The fourth-order valence-corrected chi connectivity index (χ4v) is 3.74. The highest BCUT2D eigenvalue weighted by Crippen LogP contribution is 2.17. The lowest BCUT2D eigenvalue weighted by Gasteiger charge is -2.13. The van der Waals surface area contributed by atoms with E-state index in [0.717, 1.165) is 17.2 Å². The van der Waals surface area contributed by atoms with Crippen LogP contribution in [0.4, 0.5) is 5.69 Å². The lowest BCUT2D eigenvalue weighted by atomic mass is 10.1. The van der Waals surface area contributed by atoms with E-state index in [9.17, 15) is 9.59 Å². The zero-order valence-corrected chi connectivity index (χ0v) is 17.5. The number of benzene rings is 1. The highest BCUT2D eigenvalue weighted by atomic mass is 32.1. The fraction of sp³-hybridized carbons (Fsp3) is 0.333. The average Bonchev–Trinajstić information content (AvgIpc) is 3.33. The van der Waals surface area contributed by atoms with Gasteiger partial charge in [0.1, 0.15) is 10.8 Å². The van der Waals surface area contributed by atoms with Crippen molar-refractivity contribution in [1.29, 1.82) is 0 Å². The summed E-state index contributed by atoms with van der Waals surface area (Å²) in [7, 11) is 0. The molecule has 0 aliphatic heterocycles. The molecule has 0 bridgehead atoms. The molecule has 0 radical (unpaired) electrons. The van der Waals surface area contributed by atoms with Crippen LogP contribution in [-0.4, -0.2) is 28.1 Å². The summed E-state index contributed by atoms with van der Waals surface area (Å²) in [4.78, 5) is 25.0. The molecule has 0 unspecified atom stereocenters. The second-order valence-electron chi connectivity index (χ2n) is 7.29. The lowest BCUT2D eigenvalue weighted by molar-refractivity contribution is 0.0938. The molecule has 2 N–H and O–H groups in total. The normalized spacial score (nSPS) is 12.0. The molecule has 2 aromatic heterocycles. The number of amides is 2. The molecule has 1 atom stereocenters. The maximum absolute atomic E-state index is 12.5. The van der Waals surface area contributed by atoms with Crippen LogP contribution in [-0.2, 0) is 12.8 Å². The summed E-state index contributed by atoms with van der Waals surface area (Å²) in [6.45, 7) is 6.09. The van der Waals surface area contributed by atoms with Crippen molar-refractivity contribution in [3.8, 4) is 0 Å². The summed E-state index contributed by atoms with van der Waals surface area (Å²) in [6.07, 6.45) is 3.00. The third kappa shape index (κ3) is 5.99. The summed E-state index contributed by atoms with van der Waals surface area (Å²) in [5.74, 6) is 0.716. The largest absolute Gasteiger partial charge is 0.469 e. The molecule has 0 aliphatic carbocycles. The van der Waals surface area contributed by atoms with E-state index in [-0.39, 0.29) is 17.9 Å². The second kappa shape index (κ2) is 9.47. The Labute approximate surface area is 173 Å². The Hall–Kier alpha value is -3.00. The second-order valence-corrected chi connectivity index (χ2v) is 8.35. The maximum Gasteiger partial charge on any atom is 0.286 e. The maximum atomic E-state index is 12.5. The molecule has 3 rings (SSSR count). The van der Waals surface area contributed by atoms with Gasteiger partial charge in [-0.3, -0.25) is 9.59 Å². The molecular formula is C21H24N4O3S. The lowest BCUT2D eigenvalue weighted by Crippen LogP contribution is -2.34. The summed E-state index contributed by atoms with van der Waals surface area (Å²) in [5, 5.41) is 14.9. The van der Waals surface area contributed by atoms with Crippen LogP contribution < -0.4 is 10.6 Å². The Morgan fingerprint density at radius 3 is 2.62 bits per heavy atom. The van der Waals surface area contributed by atoms with E-state index < -0.39 is 0 Å². The average molecular weight is 413 g/mol. The smallest absolute Gasteiger partial charge is 0.286 e. The topological polar surface area (TPSA) is 97.1 Å². The van der Waals surface area contributed by atoms with E-state index in [2.05, 4.69) is 34.7 Å². The van der Waals surface area contributed by atoms with Crippen molar-refractivity contribution in [3.05, 3.63) is 64.0 Å². The molecule has 3 aromatic rings. The Morgan fingerprint density at radius 1 is 1.07 bits per heavy atom. The van der Waals surface area contributed by atoms with Crippen molar-refractivity contribution >= 4 is 28.8 Å². The predicted octanol–water partition coefficient (Wildman–Crippen LogP) is 3.94. The zero-order valence-electron chi connectivity index (χ0n) is 16.6. The van der Waals surface area contributed by atoms with Crippen molar-refractivity contribution < 1.29 is 14.0 Å². The van der Waals surface area contributed by atoms with Gasteiger partial charge in [-0.2, -0.15) is 0 Å². The predicted molar refractivity (Wildman–Crippen MR) is 112 cm³/mol. The van der Waals surface area contributed by atoms with Crippen LogP contribution in [0.25, 0.3) is 0 Å². The van der Waals surface area contributed by atoms with E-state index in [1.165, 1.54) is 11.3 Å². The number of carbonyl (C=O) groups is 2. The Bertz CT molecular complexity index is 966. The molecule has 0 spiro atoms. The van der Waals surface area contributed by atoms with E-state index in [1.54, 1.807) is 30.5 Å². The Kier molecular flexibility index (Phi) is 6.77. The SMILES string of the molecule is CC(C)Cc1nnc(C(=O)Nc2cccc(C(=O)N[C@H](C)Cc3ccco3)c2)s1. The fourth-order valence-electron chi connectivity index (χ4n) is 2.79. The first-order valence-electron chi connectivity index (χ1n) is 9.47. The van der Waals surface area contributed by atoms with Crippen molar-refractivity contribution in [2.75, 3.05) is 5.32 Å². The van der Waals surface area contributed by atoms with Crippen LogP contribution in [0.2, 0.25) is 0 Å². The molecule has 1 aromatic carbocycles. The zero-order chi connectivity index (χ0) is 20.8. The van der Waals surface area contributed by atoms with Gasteiger partial charge < -0.3 is 15.1 Å². The Balaban J connectivity index is 1.60. The van der Waals surface area contributed by atoms with Gasteiger partial charge in [0, 0.05) is 30.1 Å². The van der Waals surface area contributed by atoms with Gasteiger partial charge >= 0.3 is 0 Å². The van der Waals surface area contributed by atoms with Crippen LogP contribution in [0.1, 0.15) is 51.7 Å². The molecule has 7 nitrogen and oxygen atoms in total. The van der Waals surface area contributed by atoms with E-state index >= 15 is 0 Å². The number of rotatable bonds is 8. The molecule has 152 valence electrons. The van der Waals surface area contributed by atoms with Crippen LogP contribution >= 0.6 is 11.3 Å². The van der Waals surface area contributed by atoms with E-state index in [1.807, 2.05) is 19.1 Å². The molecule has 0 aliphatic rings.